The van der Waals surface area contributed by atoms with E-state index in [2.05, 4.69) is 31.2 Å². The van der Waals surface area contributed by atoms with E-state index in [9.17, 15) is 4.79 Å². The molecule has 0 amide bonds. The lowest BCUT2D eigenvalue weighted by atomic mass is 10.2. The highest BCUT2D eigenvalue weighted by Crippen LogP contribution is 2.29. The van der Waals surface area contributed by atoms with Crippen LogP contribution in [0.15, 0.2) is 41.3 Å². The summed E-state index contributed by atoms with van der Waals surface area (Å²) in [5, 5.41) is 3.66. The van der Waals surface area contributed by atoms with Crippen molar-refractivity contribution < 1.29 is 9.53 Å². The van der Waals surface area contributed by atoms with Gasteiger partial charge in [0.1, 0.15) is 28.3 Å². The van der Waals surface area contributed by atoms with Gasteiger partial charge >= 0.3 is 5.97 Å². The van der Waals surface area contributed by atoms with Crippen LogP contribution < -0.4 is 5.32 Å². The molecule has 0 spiro atoms. The topological polar surface area (TPSA) is 68.5 Å². The molecule has 3 aromatic heterocycles. The van der Waals surface area contributed by atoms with Crippen LogP contribution >= 0.6 is 27.5 Å². The number of esters is 1. The zero-order valence-corrected chi connectivity index (χ0v) is 15.1. The number of ether oxygens (including phenoxy) is 1. The number of pyridine rings is 2. The molecule has 124 valence electrons. The van der Waals surface area contributed by atoms with Gasteiger partial charge in [-0.2, -0.15) is 0 Å². The minimum Gasteiger partial charge on any atom is -0.465 e. The summed E-state index contributed by atoms with van der Waals surface area (Å²) in [5.74, 6) is 0.319. The Kier molecular flexibility index (Phi) is 5.01. The van der Waals surface area contributed by atoms with E-state index in [0.717, 1.165) is 10.2 Å². The van der Waals surface area contributed by atoms with Gasteiger partial charge in [0.05, 0.1) is 11.6 Å². The summed E-state index contributed by atoms with van der Waals surface area (Å²) in [6.07, 6.45) is 3.45. The molecule has 3 aromatic rings. The number of nitrogens with one attached hydrogen (secondary N) is 1. The molecule has 0 fully saturated rings. The zero-order chi connectivity index (χ0) is 17.1. The first-order chi connectivity index (χ1) is 11.6. The van der Waals surface area contributed by atoms with Gasteiger partial charge in [0.15, 0.2) is 0 Å². The molecule has 3 heterocycles. The molecule has 0 aliphatic heterocycles. The molecule has 3 rings (SSSR count). The molecule has 0 aromatic carbocycles. The molecule has 0 bridgehead atoms. The van der Waals surface area contributed by atoms with Crippen LogP contribution in [0.2, 0.25) is 5.02 Å². The number of imidazole rings is 1. The number of anilines is 1. The van der Waals surface area contributed by atoms with E-state index in [-0.39, 0.29) is 12.5 Å². The van der Waals surface area contributed by atoms with Gasteiger partial charge in [0.2, 0.25) is 0 Å². The normalized spacial score (nSPS) is 10.8. The van der Waals surface area contributed by atoms with Crippen molar-refractivity contribution in [2.45, 2.75) is 6.92 Å². The molecule has 1 N–H and O–H groups in total. The molecule has 0 saturated heterocycles. The van der Waals surface area contributed by atoms with Gasteiger partial charge in [-0.15, -0.1) is 0 Å². The predicted octanol–water partition coefficient (Wildman–Crippen LogP) is 3.79. The second-order valence-electron chi connectivity index (χ2n) is 4.91. The van der Waals surface area contributed by atoms with E-state index in [1.807, 2.05) is 18.2 Å². The molecule has 6 nitrogen and oxygen atoms in total. The van der Waals surface area contributed by atoms with Crippen molar-refractivity contribution in [1.82, 2.24) is 14.4 Å². The average molecular weight is 410 g/mol. The second-order valence-corrected chi connectivity index (χ2v) is 6.16. The summed E-state index contributed by atoms with van der Waals surface area (Å²) >= 11 is 9.41. The molecule has 0 saturated carbocycles. The van der Waals surface area contributed by atoms with Crippen molar-refractivity contribution in [3.63, 3.8) is 0 Å². The minimum atomic E-state index is -0.339. The van der Waals surface area contributed by atoms with Crippen LogP contribution in [0.1, 0.15) is 6.92 Å². The maximum Gasteiger partial charge on any atom is 0.325 e. The Balaban J connectivity index is 2.05. The standard InChI is InChI=1S/C16H14BrClN4O2/c1-2-24-14(23)8-20-16-15(10-3-5-12(17)19-7-10)21-13-6-4-11(18)9-22(13)16/h3-7,9,20H,2,8H2,1H3. The predicted molar refractivity (Wildman–Crippen MR) is 96.3 cm³/mol. The summed E-state index contributed by atoms with van der Waals surface area (Å²) < 4.78 is 7.50. The van der Waals surface area contributed by atoms with Gasteiger partial charge in [-0.3, -0.25) is 9.20 Å². The molecular formula is C16H14BrClN4O2. The van der Waals surface area contributed by atoms with E-state index in [4.69, 9.17) is 16.3 Å². The maximum atomic E-state index is 11.7. The first-order valence-corrected chi connectivity index (χ1v) is 8.44. The summed E-state index contributed by atoms with van der Waals surface area (Å²) in [6.45, 7) is 2.14. The average Bonchev–Trinajstić information content (AvgIpc) is 2.91. The third-order valence-corrected chi connectivity index (χ3v) is 3.98. The van der Waals surface area contributed by atoms with Crippen LogP contribution in [-0.2, 0) is 9.53 Å². The molecule has 0 aliphatic rings. The number of fused-ring (bicyclic) bond motifs is 1. The van der Waals surface area contributed by atoms with Gasteiger partial charge in [0.25, 0.3) is 0 Å². The van der Waals surface area contributed by atoms with Gasteiger partial charge in [-0.1, -0.05) is 11.6 Å². The van der Waals surface area contributed by atoms with Crippen LogP contribution in [0, 0.1) is 0 Å². The highest BCUT2D eigenvalue weighted by Gasteiger charge is 2.16. The monoisotopic (exact) mass is 408 g/mol. The Morgan fingerprint density at radius 2 is 2.21 bits per heavy atom. The minimum absolute atomic E-state index is 0.0328. The highest BCUT2D eigenvalue weighted by atomic mass is 79.9. The Morgan fingerprint density at radius 1 is 1.38 bits per heavy atom. The highest BCUT2D eigenvalue weighted by molar-refractivity contribution is 9.10. The fraction of sp³-hybridized carbons (Fsp3) is 0.188. The summed E-state index contributed by atoms with van der Waals surface area (Å²) in [4.78, 5) is 20.5. The summed E-state index contributed by atoms with van der Waals surface area (Å²) in [5.41, 5.74) is 2.22. The Labute approximate surface area is 152 Å². The first-order valence-electron chi connectivity index (χ1n) is 7.27. The summed E-state index contributed by atoms with van der Waals surface area (Å²) in [7, 11) is 0. The van der Waals surface area contributed by atoms with Crippen molar-refractivity contribution in [3.8, 4) is 11.3 Å². The van der Waals surface area contributed by atoms with Crippen molar-refractivity contribution in [2.24, 2.45) is 0 Å². The zero-order valence-electron chi connectivity index (χ0n) is 12.8. The number of carbonyl (C=O) groups is 1. The summed E-state index contributed by atoms with van der Waals surface area (Å²) in [6, 6.07) is 7.31. The smallest absolute Gasteiger partial charge is 0.325 e. The largest absolute Gasteiger partial charge is 0.465 e. The number of hydrogen-bond acceptors (Lipinski definition) is 5. The fourth-order valence-electron chi connectivity index (χ4n) is 2.27. The quantitative estimate of drug-likeness (QED) is 0.513. The van der Waals surface area contributed by atoms with Crippen molar-refractivity contribution in [1.29, 1.82) is 0 Å². The lowest BCUT2D eigenvalue weighted by Crippen LogP contribution is -2.17. The van der Waals surface area contributed by atoms with Crippen molar-refractivity contribution in [2.75, 3.05) is 18.5 Å². The molecule has 0 unspecified atom stereocenters. The lowest BCUT2D eigenvalue weighted by molar-refractivity contribution is -0.140. The van der Waals surface area contributed by atoms with Gasteiger partial charge in [0, 0.05) is 18.0 Å². The third kappa shape index (κ3) is 3.52. The Hall–Kier alpha value is -2.12. The van der Waals surface area contributed by atoms with Crippen molar-refractivity contribution in [3.05, 3.63) is 46.3 Å². The Morgan fingerprint density at radius 3 is 2.92 bits per heavy atom. The SMILES string of the molecule is CCOC(=O)CNc1c(-c2ccc(Br)nc2)nc2ccc(Cl)cn12. The Bertz CT molecular complexity index is 880. The fourth-order valence-corrected chi connectivity index (χ4v) is 2.67. The third-order valence-electron chi connectivity index (χ3n) is 3.29. The van der Waals surface area contributed by atoms with Crippen LogP contribution in [-0.4, -0.2) is 33.5 Å². The molecular weight excluding hydrogens is 396 g/mol. The van der Waals surface area contributed by atoms with Gasteiger partial charge < -0.3 is 10.1 Å². The van der Waals surface area contributed by atoms with Gasteiger partial charge in [-0.25, -0.2) is 9.97 Å². The van der Waals surface area contributed by atoms with E-state index >= 15 is 0 Å². The van der Waals surface area contributed by atoms with Crippen LogP contribution in [0.3, 0.4) is 0 Å². The second kappa shape index (κ2) is 7.19. The number of aromatic nitrogens is 3. The maximum absolute atomic E-state index is 11.7. The number of rotatable bonds is 5. The molecule has 0 radical (unpaired) electrons. The molecule has 0 aliphatic carbocycles. The van der Waals surface area contributed by atoms with E-state index in [1.165, 1.54) is 0 Å². The van der Waals surface area contributed by atoms with E-state index in [1.54, 1.807) is 29.8 Å². The first kappa shape index (κ1) is 16.7. The van der Waals surface area contributed by atoms with Crippen LogP contribution in [0.4, 0.5) is 5.82 Å². The molecule has 8 heteroatoms. The van der Waals surface area contributed by atoms with E-state index in [0.29, 0.717) is 28.8 Å². The number of hydrogen-bond donors (Lipinski definition) is 1. The van der Waals surface area contributed by atoms with Crippen LogP contribution in [0.5, 0.6) is 0 Å². The van der Waals surface area contributed by atoms with Crippen molar-refractivity contribution >= 4 is 45.0 Å². The number of halogens is 2. The molecule has 0 atom stereocenters. The van der Waals surface area contributed by atoms with E-state index < -0.39 is 0 Å². The van der Waals surface area contributed by atoms with Gasteiger partial charge in [-0.05, 0) is 47.1 Å². The number of carbonyl (C=O) groups excluding carboxylic acids is 1. The molecule has 24 heavy (non-hydrogen) atoms. The lowest BCUT2D eigenvalue weighted by Gasteiger charge is -2.08. The number of nitrogens with zero attached hydrogens (tertiary/aromatic N) is 3. The van der Waals surface area contributed by atoms with Crippen LogP contribution in [0.25, 0.3) is 16.9 Å².